The molecular formula is C42H90N2O5PS+. The molecule has 0 bridgehead atoms. The first kappa shape index (κ1) is 51.5. The van der Waals surface area contributed by atoms with Crippen LogP contribution >= 0.6 is 20.6 Å². The van der Waals surface area contributed by atoms with Gasteiger partial charge in [-0.3, -0.25) is 0 Å². The number of hydroxylamine groups is 1. The zero-order valence-corrected chi connectivity index (χ0v) is 36.5. The summed E-state index contributed by atoms with van der Waals surface area (Å²) < 4.78 is 17.6. The Hall–Kier alpha value is 0.500. The molecule has 308 valence electrons. The fraction of sp³-hybridized carbons (Fsp3) is 1.00. The fourth-order valence-electron chi connectivity index (χ4n) is 6.39. The summed E-state index contributed by atoms with van der Waals surface area (Å²) >= 11 is 1.42. The van der Waals surface area contributed by atoms with E-state index in [1.165, 1.54) is 185 Å². The van der Waals surface area contributed by atoms with Crippen molar-refractivity contribution >= 4 is 20.6 Å². The summed E-state index contributed by atoms with van der Waals surface area (Å²) in [6, 6.07) is -0.413. The Morgan fingerprint density at radius 2 is 0.922 bits per heavy atom. The highest BCUT2D eigenvalue weighted by Gasteiger charge is 2.22. The molecule has 3 unspecified atom stereocenters. The van der Waals surface area contributed by atoms with E-state index < -0.39 is 20.7 Å². The SMILES string of the molecule is CCCCCCCCCCCCCCCCCCSONC(COP(O)OCC[N+](C)(C)C)C(O)CCCCCCCCCCCCCCCC. The maximum atomic E-state index is 11.0. The van der Waals surface area contributed by atoms with Crippen molar-refractivity contribution in [3.63, 3.8) is 0 Å². The van der Waals surface area contributed by atoms with E-state index in [4.69, 9.17) is 13.3 Å². The smallest absolute Gasteiger partial charge is 0.330 e. The Bertz CT molecular complexity index is 676. The first-order valence-electron chi connectivity index (χ1n) is 22.1. The van der Waals surface area contributed by atoms with Crippen LogP contribution in [0.2, 0.25) is 0 Å². The lowest BCUT2D eigenvalue weighted by Gasteiger charge is -2.25. The van der Waals surface area contributed by atoms with Crippen molar-refractivity contribution in [2.75, 3.05) is 46.7 Å². The van der Waals surface area contributed by atoms with Gasteiger partial charge in [0.15, 0.2) is 0 Å². The summed E-state index contributed by atoms with van der Waals surface area (Å²) in [4.78, 5) is 10.3. The molecule has 0 rings (SSSR count). The zero-order chi connectivity index (χ0) is 37.5. The molecule has 0 spiro atoms. The molecule has 0 radical (unpaired) electrons. The van der Waals surface area contributed by atoms with Gasteiger partial charge in [-0.25, -0.2) is 4.28 Å². The highest BCUT2D eigenvalue weighted by Crippen LogP contribution is 2.33. The van der Waals surface area contributed by atoms with Crippen LogP contribution in [-0.4, -0.2) is 73.3 Å². The molecule has 51 heavy (non-hydrogen) atoms. The molecule has 3 N–H and O–H groups in total. The molecule has 9 heteroatoms. The van der Waals surface area contributed by atoms with Crippen LogP contribution in [0.15, 0.2) is 0 Å². The van der Waals surface area contributed by atoms with Crippen LogP contribution in [0.3, 0.4) is 0 Å². The largest absolute Gasteiger partial charge is 0.391 e. The molecule has 3 atom stereocenters. The number of unbranched alkanes of at least 4 members (excludes halogenated alkanes) is 28. The number of aliphatic hydroxyl groups is 1. The van der Waals surface area contributed by atoms with Gasteiger partial charge in [-0.15, -0.1) is 0 Å². The van der Waals surface area contributed by atoms with E-state index in [-0.39, 0.29) is 6.61 Å². The van der Waals surface area contributed by atoms with Crippen molar-refractivity contribution in [3.05, 3.63) is 0 Å². The van der Waals surface area contributed by atoms with Crippen LogP contribution < -0.4 is 5.48 Å². The van der Waals surface area contributed by atoms with E-state index in [9.17, 15) is 10.00 Å². The highest BCUT2D eigenvalue weighted by molar-refractivity contribution is 7.94. The van der Waals surface area contributed by atoms with E-state index in [0.29, 0.717) is 13.0 Å². The molecular weight excluding hydrogens is 676 g/mol. The second-order valence-corrected chi connectivity index (χ2v) is 18.1. The Labute approximate surface area is 324 Å². The fourth-order valence-corrected chi connectivity index (χ4v) is 7.59. The molecule has 0 amide bonds. The van der Waals surface area contributed by atoms with Gasteiger partial charge < -0.3 is 23.5 Å². The van der Waals surface area contributed by atoms with Gasteiger partial charge in [-0.2, -0.15) is 5.48 Å². The van der Waals surface area contributed by atoms with E-state index >= 15 is 0 Å². The van der Waals surface area contributed by atoms with Crippen molar-refractivity contribution in [3.8, 4) is 0 Å². The number of nitrogens with zero attached hydrogens (tertiary/aromatic N) is 1. The van der Waals surface area contributed by atoms with E-state index in [1.54, 1.807) is 0 Å². The predicted octanol–water partition coefficient (Wildman–Crippen LogP) is 13.0. The van der Waals surface area contributed by atoms with Gasteiger partial charge in [0, 0.05) is 17.8 Å². The van der Waals surface area contributed by atoms with Crippen molar-refractivity contribution in [2.24, 2.45) is 0 Å². The van der Waals surface area contributed by atoms with Gasteiger partial charge in [-0.1, -0.05) is 200 Å². The number of nitrogens with one attached hydrogen (secondary N) is 1. The molecule has 0 saturated carbocycles. The Morgan fingerprint density at radius 3 is 1.31 bits per heavy atom. The lowest BCUT2D eigenvalue weighted by atomic mass is 10.0. The second kappa shape index (κ2) is 40.2. The highest BCUT2D eigenvalue weighted by atomic mass is 32.2. The topological polar surface area (TPSA) is 80.2 Å². The van der Waals surface area contributed by atoms with Crippen molar-refractivity contribution < 1.29 is 27.8 Å². The molecule has 0 fully saturated rings. The van der Waals surface area contributed by atoms with E-state index in [2.05, 4.69) is 40.5 Å². The third-order valence-electron chi connectivity index (χ3n) is 9.99. The third-order valence-corrected chi connectivity index (χ3v) is 11.4. The summed E-state index contributed by atoms with van der Waals surface area (Å²) in [6.07, 6.45) is 40.5. The van der Waals surface area contributed by atoms with Crippen LogP contribution in [0.25, 0.3) is 0 Å². The van der Waals surface area contributed by atoms with Crippen LogP contribution in [0, 0.1) is 0 Å². The molecule has 0 aromatic heterocycles. The summed E-state index contributed by atoms with van der Waals surface area (Å²) in [5, 5.41) is 11.0. The maximum absolute atomic E-state index is 11.0. The summed E-state index contributed by atoms with van der Waals surface area (Å²) in [6.45, 7) is 5.92. The van der Waals surface area contributed by atoms with Crippen LogP contribution in [0.1, 0.15) is 213 Å². The van der Waals surface area contributed by atoms with E-state index in [0.717, 1.165) is 36.0 Å². The standard InChI is InChI=1S/C42H90N2O5PS/c1-6-8-10-12-14-16-18-20-22-23-25-27-29-31-33-35-39-51-49-43-41(40-48-50(46)47-38-37-44(3,4)5)42(45)36-34-32-30-28-26-24-21-19-17-15-13-11-9-7-2/h41-43,45-46H,6-40H2,1-5H3/q+1. The van der Waals surface area contributed by atoms with Gasteiger partial charge in [0.2, 0.25) is 0 Å². The summed E-state index contributed by atoms with van der Waals surface area (Å²) in [5.74, 6) is 0.926. The minimum Gasteiger partial charge on any atom is -0.391 e. The zero-order valence-electron chi connectivity index (χ0n) is 34.8. The molecule has 0 aromatic carbocycles. The molecule has 7 nitrogen and oxygen atoms in total. The molecule has 0 aliphatic heterocycles. The van der Waals surface area contributed by atoms with E-state index in [1.807, 2.05) is 0 Å². The third kappa shape index (κ3) is 41.5. The van der Waals surface area contributed by atoms with Gasteiger partial charge >= 0.3 is 8.60 Å². The van der Waals surface area contributed by atoms with Crippen molar-refractivity contribution in [1.82, 2.24) is 5.48 Å². The van der Waals surface area contributed by atoms with Gasteiger partial charge in [0.25, 0.3) is 0 Å². The monoisotopic (exact) mass is 766 g/mol. The van der Waals surface area contributed by atoms with Crippen LogP contribution in [-0.2, 0) is 13.3 Å². The lowest BCUT2D eigenvalue weighted by Crippen LogP contribution is -2.42. The molecule has 0 heterocycles. The van der Waals surface area contributed by atoms with Gasteiger partial charge in [0.05, 0.1) is 39.9 Å². The molecule has 0 aliphatic carbocycles. The number of quaternary nitrogens is 1. The van der Waals surface area contributed by atoms with Gasteiger partial charge in [0.1, 0.15) is 13.2 Å². The first-order valence-corrected chi connectivity index (χ1v) is 24.1. The Kier molecular flexibility index (Phi) is 40.6. The van der Waals surface area contributed by atoms with Crippen LogP contribution in [0.4, 0.5) is 0 Å². The quantitative estimate of drug-likeness (QED) is 0.0187. The van der Waals surface area contributed by atoms with Crippen molar-refractivity contribution in [1.29, 1.82) is 0 Å². The normalized spacial score (nSPS) is 13.9. The lowest BCUT2D eigenvalue weighted by molar-refractivity contribution is -0.870. The van der Waals surface area contributed by atoms with Gasteiger partial charge in [-0.05, 0) is 12.8 Å². The Balaban J connectivity index is 4.05. The number of rotatable bonds is 43. The van der Waals surface area contributed by atoms with Crippen LogP contribution in [0.5, 0.6) is 0 Å². The first-order chi connectivity index (χ1) is 24.8. The molecule has 0 aliphatic rings. The predicted molar refractivity (Wildman–Crippen MR) is 225 cm³/mol. The number of likely N-dealkylation sites (N-methyl/N-ethyl adjacent to an activating group) is 1. The number of aliphatic hydroxyl groups excluding tert-OH is 1. The molecule has 0 saturated heterocycles. The van der Waals surface area contributed by atoms with Crippen molar-refractivity contribution in [2.45, 2.75) is 225 Å². The average Bonchev–Trinajstić information content (AvgIpc) is 3.10. The summed E-state index contributed by atoms with van der Waals surface area (Å²) in [7, 11) is 4.28. The Morgan fingerprint density at radius 1 is 0.549 bits per heavy atom. The maximum Gasteiger partial charge on any atom is 0.330 e. The molecule has 0 aromatic rings. The summed E-state index contributed by atoms with van der Waals surface area (Å²) in [5.41, 5.74) is 3.04. The second-order valence-electron chi connectivity index (χ2n) is 16.3. The average molecular weight is 766 g/mol. The number of hydrogen-bond donors (Lipinski definition) is 3. The minimum absolute atomic E-state index is 0.145. The minimum atomic E-state index is -1.99. The number of hydrogen-bond acceptors (Lipinski definition) is 7.